The molecular formula is C9H24O7Si2. The van der Waals surface area contributed by atoms with Crippen LogP contribution in [0.25, 0.3) is 0 Å². The molecule has 0 radical (unpaired) electrons. The standard InChI is InChI=1S/C5H12O3Si.C4H12O4Si/c2*1-5-9(6-2,7-3)8-4/h5H,1H2,2-4H3;1-4H3. The lowest BCUT2D eigenvalue weighted by molar-refractivity contribution is 0.0226. The largest absolute Gasteiger partial charge is 0.678 e. The lowest BCUT2D eigenvalue weighted by Gasteiger charge is -2.19. The van der Waals surface area contributed by atoms with Crippen molar-refractivity contribution in [1.29, 1.82) is 0 Å². The van der Waals surface area contributed by atoms with Crippen LogP contribution in [0.2, 0.25) is 0 Å². The van der Waals surface area contributed by atoms with E-state index in [2.05, 4.69) is 6.58 Å². The Balaban J connectivity index is 0. The van der Waals surface area contributed by atoms with Crippen LogP contribution in [-0.2, 0) is 31.0 Å². The monoisotopic (exact) mass is 300 g/mol. The van der Waals surface area contributed by atoms with Crippen LogP contribution in [0.3, 0.4) is 0 Å². The Bertz CT molecular complexity index is 181. The first-order valence-corrected chi connectivity index (χ1v) is 8.42. The highest BCUT2D eigenvalue weighted by molar-refractivity contribution is 6.66. The van der Waals surface area contributed by atoms with E-state index in [-0.39, 0.29) is 0 Å². The van der Waals surface area contributed by atoms with Gasteiger partial charge in [0, 0.05) is 49.8 Å². The van der Waals surface area contributed by atoms with Gasteiger partial charge in [0.15, 0.2) is 0 Å². The van der Waals surface area contributed by atoms with E-state index in [9.17, 15) is 0 Å². The SMILES string of the molecule is C=C[Si](OC)(OC)OC.CO[Si](OC)(OC)OC. The second-order valence-corrected chi connectivity index (χ2v) is 8.21. The third-order valence-electron chi connectivity index (χ3n) is 2.10. The first-order chi connectivity index (χ1) is 8.49. The molecule has 0 spiro atoms. The second kappa shape index (κ2) is 10.8. The van der Waals surface area contributed by atoms with Crippen molar-refractivity contribution >= 4 is 17.9 Å². The summed E-state index contributed by atoms with van der Waals surface area (Å²) in [6.45, 7) is 3.53. The van der Waals surface area contributed by atoms with Gasteiger partial charge in [-0.15, -0.1) is 0 Å². The minimum Gasteiger partial charge on any atom is -0.374 e. The molecule has 0 rings (SSSR count). The molecule has 0 amide bonds. The number of hydrogen-bond donors (Lipinski definition) is 0. The van der Waals surface area contributed by atoms with Crippen LogP contribution >= 0.6 is 0 Å². The van der Waals surface area contributed by atoms with E-state index < -0.39 is 17.9 Å². The fourth-order valence-electron chi connectivity index (χ4n) is 1.00. The van der Waals surface area contributed by atoms with Gasteiger partial charge in [-0.1, -0.05) is 6.58 Å². The van der Waals surface area contributed by atoms with Crippen LogP contribution in [0, 0.1) is 0 Å². The van der Waals surface area contributed by atoms with Crippen molar-refractivity contribution in [2.24, 2.45) is 0 Å². The Kier molecular flexibility index (Phi) is 12.1. The van der Waals surface area contributed by atoms with E-state index >= 15 is 0 Å². The zero-order chi connectivity index (χ0) is 14.7. The zero-order valence-electron chi connectivity index (χ0n) is 12.1. The summed E-state index contributed by atoms with van der Waals surface area (Å²) in [5.41, 5.74) is 1.58. The topological polar surface area (TPSA) is 64.6 Å². The predicted molar refractivity (Wildman–Crippen MR) is 70.8 cm³/mol. The van der Waals surface area contributed by atoms with Crippen LogP contribution in [0.1, 0.15) is 0 Å². The van der Waals surface area contributed by atoms with Gasteiger partial charge in [0.1, 0.15) is 0 Å². The number of rotatable bonds is 8. The van der Waals surface area contributed by atoms with Gasteiger partial charge in [0.25, 0.3) is 0 Å². The van der Waals surface area contributed by atoms with Gasteiger partial charge < -0.3 is 31.0 Å². The van der Waals surface area contributed by atoms with Gasteiger partial charge in [-0.2, -0.15) is 0 Å². The molecule has 0 unspecified atom stereocenters. The summed E-state index contributed by atoms with van der Waals surface area (Å²) in [4.78, 5) is 0. The summed E-state index contributed by atoms with van der Waals surface area (Å²) in [5, 5.41) is 0. The average Bonchev–Trinajstić information content (AvgIpc) is 2.46. The normalized spacial score (nSPS) is 11.7. The summed E-state index contributed by atoms with van der Waals surface area (Å²) >= 11 is 0. The molecule has 0 heterocycles. The molecule has 0 aromatic heterocycles. The fourth-order valence-corrected chi connectivity index (χ4v) is 3.00. The molecule has 0 bridgehead atoms. The third kappa shape index (κ3) is 6.18. The van der Waals surface area contributed by atoms with Crippen molar-refractivity contribution < 1.29 is 31.0 Å². The Morgan fingerprint density at radius 3 is 0.889 bits per heavy atom. The summed E-state index contributed by atoms with van der Waals surface area (Å²) in [6, 6.07) is 0. The fraction of sp³-hybridized carbons (Fsp3) is 0.778. The van der Waals surface area contributed by atoms with Crippen LogP contribution < -0.4 is 0 Å². The van der Waals surface area contributed by atoms with Gasteiger partial charge in [-0.05, 0) is 5.70 Å². The summed E-state index contributed by atoms with van der Waals surface area (Å²) < 4.78 is 34.3. The predicted octanol–water partition coefficient (Wildman–Crippen LogP) is 0.597. The zero-order valence-corrected chi connectivity index (χ0v) is 14.1. The Labute approximate surface area is 111 Å². The van der Waals surface area contributed by atoms with Crippen LogP contribution in [0.5, 0.6) is 0 Å². The maximum Gasteiger partial charge on any atom is 0.678 e. The lowest BCUT2D eigenvalue weighted by Crippen LogP contribution is -2.45. The van der Waals surface area contributed by atoms with Crippen LogP contribution in [0.15, 0.2) is 12.3 Å². The minimum atomic E-state index is -2.69. The highest BCUT2D eigenvalue weighted by Crippen LogP contribution is 2.05. The first-order valence-electron chi connectivity index (χ1n) is 4.98. The Hall–Kier alpha value is -0.106. The maximum atomic E-state index is 4.96. The van der Waals surface area contributed by atoms with Crippen molar-refractivity contribution in [3.05, 3.63) is 12.3 Å². The van der Waals surface area contributed by atoms with Crippen LogP contribution in [0.4, 0.5) is 0 Å². The van der Waals surface area contributed by atoms with Crippen LogP contribution in [-0.4, -0.2) is 67.6 Å². The van der Waals surface area contributed by atoms with Crippen molar-refractivity contribution in [1.82, 2.24) is 0 Å². The summed E-state index contributed by atoms with van der Waals surface area (Å²) in [5.74, 6) is 0. The minimum absolute atomic E-state index is 1.49. The summed E-state index contributed by atoms with van der Waals surface area (Å²) in [7, 11) is 5.46. The molecule has 0 N–H and O–H groups in total. The first kappa shape index (κ1) is 20.2. The van der Waals surface area contributed by atoms with E-state index in [4.69, 9.17) is 31.0 Å². The average molecular weight is 300 g/mol. The molecular weight excluding hydrogens is 276 g/mol. The van der Waals surface area contributed by atoms with Gasteiger partial charge in [-0.25, -0.2) is 0 Å². The van der Waals surface area contributed by atoms with Gasteiger partial charge in [0.2, 0.25) is 0 Å². The Morgan fingerprint density at radius 2 is 0.889 bits per heavy atom. The molecule has 0 aliphatic carbocycles. The van der Waals surface area contributed by atoms with Gasteiger partial charge in [-0.3, -0.25) is 0 Å². The molecule has 0 saturated carbocycles. The highest BCUT2D eigenvalue weighted by atomic mass is 28.4. The smallest absolute Gasteiger partial charge is 0.374 e. The quantitative estimate of drug-likeness (QED) is 0.608. The Morgan fingerprint density at radius 1 is 0.611 bits per heavy atom. The molecule has 0 aliphatic rings. The molecule has 0 saturated heterocycles. The second-order valence-electron chi connectivity index (χ2n) is 2.74. The highest BCUT2D eigenvalue weighted by Gasteiger charge is 2.40. The van der Waals surface area contributed by atoms with Crippen molar-refractivity contribution in [2.75, 3.05) is 49.8 Å². The molecule has 0 aliphatic heterocycles. The van der Waals surface area contributed by atoms with E-state index in [0.717, 1.165) is 0 Å². The lowest BCUT2D eigenvalue weighted by atomic mass is 11.3. The van der Waals surface area contributed by atoms with E-state index in [1.807, 2.05) is 0 Å². The van der Waals surface area contributed by atoms with Crippen molar-refractivity contribution in [2.45, 2.75) is 0 Å². The molecule has 0 atom stereocenters. The molecule has 0 fully saturated rings. The number of hydrogen-bond acceptors (Lipinski definition) is 7. The molecule has 0 aromatic carbocycles. The van der Waals surface area contributed by atoms with Gasteiger partial charge >= 0.3 is 17.9 Å². The molecule has 9 heteroatoms. The van der Waals surface area contributed by atoms with E-state index in [1.54, 1.807) is 27.0 Å². The third-order valence-corrected chi connectivity index (χ3v) is 6.31. The van der Waals surface area contributed by atoms with Crippen molar-refractivity contribution in [3.8, 4) is 0 Å². The van der Waals surface area contributed by atoms with Gasteiger partial charge in [0.05, 0.1) is 0 Å². The molecule has 18 heavy (non-hydrogen) atoms. The maximum absolute atomic E-state index is 4.96. The van der Waals surface area contributed by atoms with E-state index in [1.165, 1.54) is 28.4 Å². The van der Waals surface area contributed by atoms with E-state index in [0.29, 0.717) is 0 Å². The molecule has 110 valence electrons. The molecule has 0 aromatic rings. The molecule has 7 nitrogen and oxygen atoms in total. The summed E-state index contributed by atoms with van der Waals surface area (Å²) in [6.07, 6.45) is 0. The van der Waals surface area contributed by atoms with Crippen molar-refractivity contribution in [3.63, 3.8) is 0 Å².